The molecule has 0 aliphatic heterocycles. The quantitative estimate of drug-likeness (QED) is 0.623. The minimum absolute atomic E-state index is 0.103. The molecule has 17 heavy (non-hydrogen) atoms. The first-order valence-corrected chi connectivity index (χ1v) is 5.37. The van der Waals surface area contributed by atoms with Crippen LogP contribution in [-0.4, -0.2) is 37.0 Å². The van der Waals surface area contributed by atoms with Crippen molar-refractivity contribution in [3.63, 3.8) is 0 Å². The third kappa shape index (κ3) is 2.24. The summed E-state index contributed by atoms with van der Waals surface area (Å²) in [6, 6.07) is 0. The van der Waals surface area contributed by atoms with E-state index in [-0.39, 0.29) is 12.3 Å². The molecule has 1 rings (SSSR count). The molecule has 1 aromatic rings. The van der Waals surface area contributed by atoms with Crippen LogP contribution in [0.1, 0.15) is 32.1 Å². The number of ketones is 1. The number of carbonyl (C=O) groups excluding carboxylic acids is 2. The molecule has 0 amide bonds. The number of likely N-dealkylation sites (N-methyl/N-ethyl adjacent to an activating group) is 1. The fraction of sp³-hybridized carbons (Fsp3) is 0.500. The van der Waals surface area contributed by atoms with Gasteiger partial charge in [0.2, 0.25) is 0 Å². The Hall–Kier alpha value is -1.62. The van der Waals surface area contributed by atoms with Crippen molar-refractivity contribution in [1.29, 1.82) is 0 Å². The Labute approximate surface area is 101 Å². The van der Waals surface area contributed by atoms with Crippen LogP contribution >= 0.6 is 0 Å². The molecule has 0 saturated carbocycles. The van der Waals surface area contributed by atoms with Gasteiger partial charge in [0.05, 0.1) is 24.8 Å². The zero-order valence-electron chi connectivity index (χ0n) is 10.9. The molecule has 0 aromatic carbocycles. The molecule has 1 aromatic heterocycles. The first-order chi connectivity index (χ1) is 7.95. The van der Waals surface area contributed by atoms with Crippen LogP contribution in [0.2, 0.25) is 0 Å². The highest BCUT2D eigenvalue weighted by Crippen LogP contribution is 2.22. The van der Waals surface area contributed by atoms with Crippen molar-refractivity contribution in [1.82, 2.24) is 9.88 Å². The third-order valence-electron chi connectivity index (χ3n) is 2.99. The summed E-state index contributed by atoms with van der Waals surface area (Å²) in [6.07, 6.45) is 0. The van der Waals surface area contributed by atoms with Crippen molar-refractivity contribution in [3.05, 3.63) is 22.5 Å². The summed E-state index contributed by atoms with van der Waals surface area (Å²) in [6.45, 7) is 3.83. The molecule has 0 radical (unpaired) electrons. The van der Waals surface area contributed by atoms with Crippen LogP contribution in [0.5, 0.6) is 0 Å². The Kier molecular flexibility index (Phi) is 4.07. The minimum Gasteiger partial charge on any atom is -0.465 e. The number of aromatic nitrogens is 1. The molecule has 5 heteroatoms. The van der Waals surface area contributed by atoms with Crippen LogP contribution in [0.4, 0.5) is 0 Å². The predicted octanol–water partition coefficient (Wildman–Crippen LogP) is 0.831. The highest BCUT2D eigenvalue weighted by molar-refractivity contribution is 6.09. The second-order valence-electron chi connectivity index (χ2n) is 3.92. The number of hydrogen-bond donors (Lipinski definition) is 1. The molecular weight excluding hydrogens is 220 g/mol. The van der Waals surface area contributed by atoms with E-state index in [2.05, 4.69) is 5.32 Å². The molecule has 0 fully saturated rings. The van der Waals surface area contributed by atoms with E-state index in [4.69, 9.17) is 4.74 Å². The van der Waals surface area contributed by atoms with E-state index in [0.717, 1.165) is 11.4 Å². The van der Waals surface area contributed by atoms with Gasteiger partial charge in [-0.25, -0.2) is 4.79 Å². The predicted molar refractivity (Wildman–Crippen MR) is 64.5 cm³/mol. The molecule has 94 valence electrons. The van der Waals surface area contributed by atoms with Crippen molar-refractivity contribution < 1.29 is 14.3 Å². The summed E-state index contributed by atoms with van der Waals surface area (Å²) < 4.78 is 6.56. The molecule has 0 bridgehead atoms. The highest BCUT2D eigenvalue weighted by Gasteiger charge is 2.26. The summed E-state index contributed by atoms with van der Waals surface area (Å²) >= 11 is 0. The van der Waals surface area contributed by atoms with E-state index in [1.807, 2.05) is 18.5 Å². The third-order valence-corrected chi connectivity index (χ3v) is 2.99. The van der Waals surface area contributed by atoms with Crippen LogP contribution in [0.25, 0.3) is 0 Å². The fourth-order valence-corrected chi connectivity index (χ4v) is 1.89. The molecule has 1 N–H and O–H groups in total. The van der Waals surface area contributed by atoms with Gasteiger partial charge in [0, 0.05) is 18.4 Å². The Morgan fingerprint density at radius 2 is 1.76 bits per heavy atom. The molecule has 5 nitrogen and oxygen atoms in total. The summed E-state index contributed by atoms with van der Waals surface area (Å²) in [5.41, 5.74) is 2.34. The van der Waals surface area contributed by atoms with Gasteiger partial charge >= 0.3 is 5.97 Å². The van der Waals surface area contributed by atoms with Crippen LogP contribution in [-0.2, 0) is 11.8 Å². The number of carbonyl (C=O) groups is 2. The van der Waals surface area contributed by atoms with Gasteiger partial charge in [-0.1, -0.05) is 0 Å². The largest absolute Gasteiger partial charge is 0.465 e. The SMILES string of the molecule is CNCC(=O)c1c(C(=O)OC)c(C)n(C)c1C. The molecule has 0 saturated heterocycles. The van der Waals surface area contributed by atoms with Gasteiger partial charge in [-0.05, 0) is 20.9 Å². The summed E-state index contributed by atoms with van der Waals surface area (Å²) in [5, 5.41) is 2.80. The van der Waals surface area contributed by atoms with Crippen LogP contribution in [0, 0.1) is 13.8 Å². The minimum atomic E-state index is -0.467. The van der Waals surface area contributed by atoms with Gasteiger partial charge in [0.15, 0.2) is 5.78 Å². The van der Waals surface area contributed by atoms with Crippen molar-refractivity contribution in [3.8, 4) is 0 Å². The lowest BCUT2D eigenvalue weighted by molar-refractivity contribution is 0.0596. The summed E-state index contributed by atoms with van der Waals surface area (Å²) in [5.74, 6) is -0.570. The highest BCUT2D eigenvalue weighted by atomic mass is 16.5. The normalized spacial score (nSPS) is 10.4. The monoisotopic (exact) mass is 238 g/mol. The first kappa shape index (κ1) is 13.4. The maximum Gasteiger partial charge on any atom is 0.340 e. The van der Waals surface area contributed by atoms with E-state index in [0.29, 0.717) is 11.1 Å². The number of hydrogen-bond acceptors (Lipinski definition) is 4. The Balaban J connectivity index is 3.41. The lowest BCUT2D eigenvalue weighted by Gasteiger charge is -2.03. The van der Waals surface area contributed by atoms with E-state index >= 15 is 0 Å². The van der Waals surface area contributed by atoms with E-state index in [1.54, 1.807) is 14.0 Å². The Bertz CT molecular complexity index is 461. The van der Waals surface area contributed by atoms with Crippen LogP contribution in [0.15, 0.2) is 0 Å². The molecule has 1 heterocycles. The molecule has 0 atom stereocenters. The van der Waals surface area contributed by atoms with Crippen molar-refractivity contribution in [2.75, 3.05) is 20.7 Å². The zero-order chi connectivity index (χ0) is 13.2. The number of ether oxygens (including phenoxy) is 1. The second kappa shape index (κ2) is 5.14. The summed E-state index contributed by atoms with van der Waals surface area (Å²) in [4.78, 5) is 23.7. The van der Waals surface area contributed by atoms with Crippen molar-refractivity contribution >= 4 is 11.8 Å². The van der Waals surface area contributed by atoms with E-state index in [1.165, 1.54) is 7.11 Å². The van der Waals surface area contributed by atoms with Gasteiger partial charge in [0.1, 0.15) is 0 Å². The standard InChI is InChI=1S/C12H18N2O3/c1-7-10(9(15)6-13-3)11(12(16)17-5)8(2)14(7)4/h13H,6H2,1-5H3. The van der Waals surface area contributed by atoms with Crippen molar-refractivity contribution in [2.24, 2.45) is 7.05 Å². The molecular formula is C12H18N2O3. The molecule has 0 aliphatic rings. The Morgan fingerprint density at radius 1 is 1.24 bits per heavy atom. The van der Waals surface area contributed by atoms with Gasteiger partial charge in [0.25, 0.3) is 0 Å². The summed E-state index contributed by atoms with van der Waals surface area (Å²) in [7, 11) is 4.84. The van der Waals surface area contributed by atoms with Crippen LogP contribution < -0.4 is 5.32 Å². The lowest BCUT2D eigenvalue weighted by Crippen LogP contribution is -2.21. The number of nitrogens with one attached hydrogen (secondary N) is 1. The fourth-order valence-electron chi connectivity index (χ4n) is 1.89. The van der Waals surface area contributed by atoms with Crippen LogP contribution in [0.3, 0.4) is 0 Å². The topological polar surface area (TPSA) is 60.3 Å². The van der Waals surface area contributed by atoms with E-state index < -0.39 is 5.97 Å². The zero-order valence-corrected chi connectivity index (χ0v) is 10.9. The smallest absolute Gasteiger partial charge is 0.340 e. The van der Waals surface area contributed by atoms with Gasteiger partial charge < -0.3 is 14.6 Å². The maximum absolute atomic E-state index is 12.0. The second-order valence-corrected chi connectivity index (χ2v) is 3.92. The number of esters is 1. The van der Waals surface area contributed by atoms with E-state index in [9.17, 15) is 9.59 Å². The van der Waals surface area contributed by atoms with Crippen molar-refractivity contribution in [2.45, 2.75) is 13.8 Å². The average molecular weight is 238 g/mol. The Morgan fingerprint density at radius 3 is 2.24 bits per heavy atom. The number of methoxy groups -OCH3 is 1. The first-order valence-electron chi connectivity index (χ1n) is 5.37. The van der Waals surface area contributed by atoms with Gasteiger partial charge in [-0.2, -0.15) is 0 Å². The average Bonchev–Trinajstić information content (AvgIpc) is 2.53. The molecule has 0 spiro atoms. The maximum atomic E-state index is 12.0. The lowest BCUT2D eigenvalue weighted by atomic mass is 10.0. The number of rotatable bonds is 4. The molecule has 0 aliphatic carbocycles. The molecule has 0 unspecified atom stereocenters. The number of Topliss-reactive ketones (excluding diaryl/α,β-unsaturated/α-hetero) is 1. The number of nitrogens with zero attached hydrogens (tertiary/aromatic N) is 1. The van der Waals surface area contributed by atoms with Gasteiger partial charge in [-0.15, -0.1) is 0 Å². The van der Waals surface area contributed by atoms with Gasteiger partial charge in [-0.3, -0.25) is 4.79 Å².